The van der Waals surface area contributed by atoms with Gasteiger partial charge in [0.15, 0.2) is 0 Å². The number of halogens is 5. The minimum Gasteiger partial charge on any atom is -0.241 e. The Hall–Kier alpha value is -2.14. The fourth-order valence-corrected chi connectivity index (χ4v) is 2.08. The molecule has 3 nitrogen and oxygen atoms in total. The highest BCUT2D eigenvalue weighted by atomic mass is 19.4. The minimum absolute atomic E-state index is 0.893. The largest absolute Gasteiger partial charge is 0.395 e. The van der Waals surface area contributed by atoms with Gasteiger partial charge < -0.3 is 0 Å². The average molecular weight is 275 g/mol. The van der Waals surface area contributed by atoms with E-state index in [4.69, 9.17) is 15.8 Å². The van der Waals surface area contributed by atoms with E-state index in [1.165, 1.54) is 12.1 Å². The molecular weight excluding hydrogens is 269 g/mol. The monoisotopic (exact) mass is 275 g/mol. The van der Waals surface area contributed by atoms with Gasteiger partial charge in [-0.15, -0.1) is 0 Å². The molecule has 4 unspecified atom stereocenters. The third-order valence-corrected chi connectivity index (χ3v) is 2.94. The standard InChI is InChI=1S/C11H6F5N3/c12-9-5(1-2-17)8(11(14,15)16)10(13)7(4-19)6(9)3-18/h5,8-10H,1H2. The highest BCUT2D eigenvalue weighted by Crippen LogP contribution is 2.47. The van der Waals surface area contributed by atoms with Gasteiger partial charge in [-0.2, -0.15) is 29.0 Å². The minimum atomic E-state index is -5.10. The summed E-state index contributed by atoms with van der Waals surface area (Å²) < 4.78 is 65.9. The first kappa shape index (κ1) is 14.9. The normalized spacial score (nSPS) is 31.3. The number of nitriles is 3. The Morgan fingerprint density at radius 3 is 1.79 bits per heavy atom. The molecule has 0 aliphatic heterocycles. The molecule has 0 fully saturated rings. The van der Waals surface area contributed by atoms with Crippen LogP contribution in [-0.2, 0) is 0 Å². The van der Waals surface area contributed by atoms with E-state index in [1.807, 2.05) is 0 Å². The van der Waals surface area contributed by atoms with E-state index in [9.17, 15) is 22.0 Å². The summed E-state index contributed by atoms with van der Waals surface area (Å²) in [6, 6.07) is 3.67. The van der Waals surface area contributed by atoms with E-state index in [2.05, 4.69) is 0 Å². The van der Waals surface area contributed by atoms with Crippen LogP contribution in [0.5, 0.6) is 0 Å². The predicted molar refractivity (Wildman–Crippen MR) is 51.3 cm³/mol. The van der Waals surface area contributed by atoms with Crippen LogP contribution in [0, 0.1) is 45.8 Å². The summed E-state index contributed by atoms with van der Waals surface area (Å²) in [4.78, 5) is 0. The van der Waals surface area contributed by atoms with Gasteiger partial charge in [-0.1, -0.05) is 0 Å². The molecule has 0 aromatic rings. The van der Waals surface area contributed by atoms with Gasteiger partial charge in [0.05, 0.1) is 35.3 Å². The zero-order valence-electron chi connectivity index (χ0n) is 9.25. The molecule has 8 heteroatoms. The Morgan fingerprint density at radius 1 is 0.947 bits per heavy atom. The summed E-state index contributed by atoms with van der Waals surface area (Å²) in [5.74, 6) is -4.82. The summed E-state index contributed by atoms with van der Waals surface area (Å²) >= 11 is 0. The highest BCUT2D eigenvalue weighted by Gasteiger charge is 2.57. The summed E-state index contributed by atoms with van der Waals surface area (Å²) in [6.45, 7) is 0. The van der Waals surface area contributed by atoms with Crippen molar-refractivity contribution in [1.82, 2.24) is 0 Å². The Kier molecular flexibility index (Phi) is 4.11. The third kappa shape index (κ3) is 2.51. The van der Waals surface area contributed by atoms with Crippen LogP contribution in [0.1, 0.15) is 6.42 Å². The quantitative estimate of drug-likeness (QED) is 0.691. The summed E-state index contributed by atoms with van der Waals surface area (Å²) in [5, 5.41) is 25.6. The van der Waals surface area contributed by atoms with Crippen LogP contribution in [0.4, 0.5) is 22.0 Å². The highest BCUT2D eigenvalue weighted by molar-refractivity contribution is 5.45. The van der Waals surface area contributed by atoms with E-state index < -0.39 is 47.9 Å². The molecule has 0 spiro atoms. The lowest BCUT2D eigenvalue weighted by Crippen LogP contribution is -2.46. The van der Waals surface area contributed by atoms with Crippen molar-refractivity contribution in [3.8, 4) is 18.2 Å². The van der Waals surface area contributed by atoms with Gasteiger partial charge in [0.2, 0.25) is 0 Å². The Bertz CT molecular complexity index is 516. The fourth-order valence-electron chi connectivity index (χ4n) is 2.08. The lowest BCUT2D eigenvalue weighted by Gasteiger charge is -2.35. The fraction of sp³-hybridized carbons (Fsp3) is 0.545. The first-order valence-corrected chi connectivity index (χ1v) is 5.05. The lowest BCUT2D eigenvalue weighted by atomic mass is 9.72. The van der Waals surface area contributed by atoms with Crippen LogP contribution in [0.25, 0.3) is 0 Å². The van der Waals surface area contributed by atoms with Crippen molar-refractivity contribution >= 4 is 0 Å². The molecule has 0 saturated carbocycles. The molecule has 0 amide bonds. The van der Waals surface area contributed by atoms with Gasteiger partial charge in [0.1, 0.15) is 12.3 Å². The van der Waals surface area contributed by atoms with Crippen molar-refractivity contribution in [2.75, 3.05) is 0 Å². The second-order valence-electron chi connectivity index (χ2n) is 3.95. The van der Waals surface area contributed by atoms with Gasteiger partial charge in [-0.05, 0) is 0 Å². The summed E-state index contributed by atoms with van der Waals surface area (Å²) in [5.41, 5.74) is -2.11. The molecule has 0 radical (unpaired) electrons. The zero-order valence-corrected chi connectivity index (χ0v) is 9.25. The first-order chi connectivity index (χ1) is 8.79. The van der Waals surface area contributed by atoms with Crippen LogP contribution in [-0.4, -0.2) is 18.5 Å². The van der Waals surface area contributed by atoms with Gasteiger partial charge in [-0.25, -0.2) is 8.78 Å². The molecule has 0 N–H and O–H groups in total. The molecule has 0 saturated heterocycles. The predicted octanol–water partition coefficient (Wildman–Crippen LogP) is 2.73. The van der Waals surface area contributed by atoms with Gasteiger partial charge in [-0.3, -0.25) is 0 Å². The zero-order chi connectivity index (χ0) is 14.8. The third-order valence-electron chi connectivity index (χ3n) is 2.94. The van der Waals surface area contributed by atoms with Crippen molar-refractivity contribution in [2.45, 2.75) is 24.9 Å². The van der Waals surface area contributed by atoms with Crippen molar-refractivity contribution in [2.24, 2.45) is 11.8 Å². The van der Waals surface area contributed by atoms with Crippen molar-refractivity contribution in [3.05, 3.63) is 11.1 Å². The second kappa shape index (κ2) is 5.24. The lowest BCUT2D eigenvalue weighted by molar-refractivity contribution is -0.208. The van der Waals surface area contributed by atoms with E-state index in [1.54, 1.807) is 0 Å². The van der Waals surface area contributed by atoms with E-state index >= 15 is 0 Å². The van der Waals surface area contributed by atoms with E-state index in [0.29, 0.717) is 0 Å². The molecular formula is C11H6F5N3. The molecule has 1 rings (SSSR count). The number of hydrogen-bond donors (Lipinski definition) is 0. The molecule has 0 aromatic heterocycles. The number of nitrogens with zero attached hydrogens (tertiary/aromatic N) is 3. The number of alkyl halides is 5. The summed E-state index contributed by atoms with van der Waals surface area (Å²) in [6.07, 6.45) is -11.3. The molecule has 0 bridgehead atoms. The van der Waals surface area contributed by atoms with E-state index in [0.717, 1.165) is 6.07 Å². The number of rotatable bonds is 1. The molecule has 4 atom stereocenters. The van der Waals surface area contributed by atoms with Crippen LogP contribution >= 0.6 is 0 Å². The van der Waals surface area contributed by atoms with Gasteiger partial charge >= 0.3 is 6.18 Å². The topological polar surface area (TPSA) is 71.4 Å². The molecule has 1 aliphatic rings. The second-order valence-corrected chi connectivity index (χ2v) is 3.95. The summed E-state index contributed by atoms with van der Waals surface area (Å²) in [7, 11) is 0. The SMILES string of the molecule is N#CCC1C(F)C(C#N)=C(C#N)C(F)C1C(F)(F)F. The average Bonchev–Trinajstić information content (AvgIpc) is 2.31. The Balaban J connectivity index is 3.43. The van der Waals surface area contributed by atoms with Gasteiger partial charge in [0.25, 0.3) is 0 Å². The number of hydrogen-bond acceptors (Lipinski definition) is 3. The Morgan fingerprint density at radius 2 is 1.42 bits per heavy atom. The molecule has 0 heterocycles. The van der Waals surface area contributed by atoms with Crippen molar-refractivity contribution in [3.63, 3.8) is 0 Å². The van der Waals surface area contributed by atoms with Crippen LogP contribution in [0.2, 0.25) is 0 Å². The first-order valence-electron chi connectivity index (χ1n) is 5.05. The van der Waals surface area contributed by atoms with E-state index in [-0.39, 0.29) is 0 Å². The molecule has 0 aromatic carbocycles. The Labute approximate surface area is 105 Å². The van der Waals surface area contributed by atoms with Crippen LogP contribution < -0.4 is 0 Å². The molecule has 100 valence electrons. The molecule has 1 aliphatic carbocycles. The van der Waals surface area contributed by atoms with Crippen LogP contribution in [0.3, 0.4) is 0 Å². The maximum absolute atomic E-state index is 13.8. The van der Waals surface area contributed by atoms with Crippen molar-refractivity contribution in [1.29, 1.82) is 15.8 Å². The smallest absolute Gasteiger partial charge is 0.241 e. The van der Waals surface area contributed by atoms with Crippen molar-refractivity contribution < 1.29 is 22.0 Å². The molecule has 19 heavy (non-hydrogen) atoms. The van der Waals surface area contributed by atoms with Gasteiger partial charge in [0, 0.05) is 12.3 Å². The number of allylic oxidation sites excluding steroid dienone is 2. The maximum Gasteiger partial charge on any atom is 0.395 e. The van der Waals surface area contributed by atoms with Crippen LogP contribution in [0.15, 0.2) is 11.1 Å². The maximum atomic E-state index is 13.8.